The third kappa shape index (κ3) is 5.11. The van der Waals surface area contributed by atoms with E-state index in [4.69, 9.17) is 14.2 Å². The quantitative estimate of drug-likeness (QED) is 0.668. The summed E-state index contributed by atoms with van der Waals surface area (Å²) in [6.45, 7) is 4.18. The fourth-order valence-electron chi connectivity index (χ4n) is 2.81. The molecule has 1 atom stereocenters. The highest BCUT2D eigenvalue weighted by Crippen LogP contribution is 2.29. The molecule has 0 radical (unpaired) electrons. The second-order valence-electron chi connectivity index (χ2n) is 5.43. The van der Waals surface area contributed by atoms with Crippen molar-refractivity contribution in [2.45, 2.75) is 31.8 Å². The topological polar surface area (TPSA) is 44.7 Å². The molecule has 1 unspecified atom stereocenters. The molecule has 0 aliphatic heterocycles. The van der Waals surface area contributed by atoms with Gasteiger partial charge in [0.15, 0.2) is 0 Å². The van der Waals surface area contributed by atoms with Crippen LogP contribution >= 0.6 is 0 Å². The maximum absolute atomic E-state index is 5.60. The molecule has 21 heavy (non-hydrogen) atoms. The Morgan fingerprint density at radius 1 is 1.14 bits per heavy atom. The molecule has 1 heterocycles. The first-order valence-corrected chi connectivity index (χ1v) is 7.85. The fraction of sp³-hybridized carbons (Fsp3) is 0.750. The molecule has 0 fully saturated rings. The number of methoxy groups -OCH3 is 1. The van der Waals surface area contributed by atoms with Gasteiger partial charge in [0.25, 0.3) is 0 Å². The second-order valence-corrected chi connectivity index (χ2v) is 5.43. The lowest BCUT2D eigenvalue weighted by Gasteiger charge is -2.21. The second kappa shape index (κ2) is 9.20. The van der Waals surface area contributed by atoms with E-state index in [9.17, 15) is 0 Å². The summed E-state index contributed by atoms with van der Waals surface area (Å²) in [4.78, 5) is 0. The number of rotatable bonds is 10. The molecule has 0 saturated heterocycles. The number of nitrogens with one attached hydrogen (secondary N) is 1. The Morgan fingerprint density at radius 2 is 1.90 bits per heavy atom. The van der Waals surface area contributed by atoms with Crippen molar-refractivity contribution in [3.8, 4) is 0 Å². The standard InChI is InChI=1S/C16H28N2O3/c1-17-16-5-3-4-14-12-18(13-15(14)16)6-7-20-10-11-21-9-8-19-2/h12-13,16-17H,3-11H2,1-2H3. The van der Waals surface area contributed by atoms with Crippen LogP contribution in [0.4, 0.5) is 0 Å². The molecule has 0 spiro atoms. The molecule has 5 heteroatoms. The van der Waals surface area contributed by atoms with Crippen LogP contribution in [0.5, 0.6) is 0 Å². The first-order valence-electron chi connectivity index (χ1n) is 7.85. The molecule has 5 nitrogen and oxygen atoms in total. The minimum Gasteiger partial charge on any atom is -0.382 e. The summed E-state index contributed by atoms with van der Waals surface area (Å²) in [5.41, 5.74) is 2.95. The van der Waals surface area contributed by atoms with Gasteiger partial charge in [0, 0.05) is 32.1 Å². The summed E-state index contributed by atoms with van der Waals surface area (Å²) >= 11 is 0. The van der Waals surface area contributed by atoms with Crippen LogP contribution in [-0.2, 0) is 27.2 Å². The van der Waals surface area contributed by atoms with E-state index >= 15 is 0 Å². The van der Waals surface area contributed by atoms with Gasteiger partial charge in [-0.25, -0.2) is 0 Å². The smallest absolute Gasteiger partial charge is 0.0701 e. The number of nitrogens with zero attached hydrogens (tertiary/aromatic N) is 1. The van der Waals surface area contributed by atoms with Crippen molar-refractivity contribution in [2.24, 2.45) is 0 Å². The van der Waals surface area contributed by atoms with E-state index in [1.54, 1.807) is 7.11 Å². The van der Waals surface area contributed by atoms with Crippen LogP contribution in [0.2, 0.25) is 0 Å². The zero-order valence-corrected chi connectivity index (χ0v) is 13.3. The van der Waals surface area contributed by atoms with E-state index in [1.165, 1.54) is 30.4 Å². The molecular weight excluding hydrogens is 268 g/mol. The normalized spacial score (nSPS) is 17.9. The molecule has 1 N–H and O–H groups in total. The van der Waals surface area contributed by atoms with Crippen molar-refractivity contribution in [3.63, 3.8) is 0 Å². The van der Waals surface area contributed by atoms with Crippen molar-refractivity contribution >= 4 is 0 Å². The van der Waals surface area contributed by atoms with E-state index in [0.717, 1.165) is 13.2 Å². The molecular formula is C16H28N2O3. The van der Waals surface area contributed by atoms with Gasteiger partial charge in [-0.05, 0) is 37.4 Å². The summed E-state index contributed by atoms with van der Waals surface area (Å²) in [5, 5.41) is 3.40. The van der Waals surface area contributed by atoms with E-state index < -0.39 is 0 Å². The molecule has 0 bridgehead atoms. The summed E-state index contributed by atoms with van der Waals surface area (Å²) in [5.74, 6) is 0. The number of aromatic nitrogens is 1. The van der Waals surface area contributed by atoms with Gasteiger partial charge in [-0.15, -0.1) is 0 Å². The SMILES string of the molecule is CNC1CCCc2cn(CCOCCOCCOC)cc21. The highest BCUT2D eigenvalue weighted by atomic mass is 16.5. The molecule has 0 amide bonds. The summed E-state index contributed by atoms with van der Waals surface area (Å²) in [6, 6.07) is 0.519. The van der Waals surface area contributed by atoms with Gasteiger partial charge in [-0.1, -0.05) is 0 Å². The molecule has 0 aromatic carbocycles. The molecule has 2 rings (SSSR count). The Hall–Kier alpha value is -0.880. The van der Waals surface area contributed by atoms with Gasteiger partial charge in [0.05, 0.1) is 33.0 Å². The Labute approximate surface area is 127 Å². The van der Waals surface area contributed by atoms with Gasteiger partial charge in [0.2, 0.25) is 0 Å². The van der Waals surface area contributed by atoms with E-state index in [2.05, 4.69) is 22.3 Å². The molecule has 0 saturated carbocycles. The number of aryl methyl sites for hydroxylation is 1. The third-order valence-corrected chi connectivity index (χ3v) is 3.96. The van der Waals surface area contributed by atoms with Crippen molar-refractivity contribution < 1.29 is 14.2 Å². The van der Waals surface area contributed by atoms with Crippen LogP contribution in [0.1, 0.15) is 30.0 Å². The van der Waals surface area contributed by atoms with Gasteiger partial charge >= 0.3 is 0 Å². The van der Waals surface area contributed by atoms with Gasteiger partial charge in [0.1, 0.15) is 0 Å². The highest BCUT2D eigenvalue weighted by molar-refractivity contribution is 5.30. The minimum absolute atomic E-state index is 0.519. The highest BCUT2D eigenvalue weighted by Gasteiger charge is 2.20. The molecule has 1 aliphatic rings. The largest absolute Gasteiger partial charge is 0.382 e. The van der Waals surface area contributed by atoms with Crippen LogP contribution in [0.25, 0.3) is 0 Å². The van der Waals surface area contributed by atoms with Crippen molar-refractivity contribution in [2.75, 3.05) is 47.2 Å². The average Bonchev–Trinajstić information content (AvgIpc) is 2.92. The Balaban J connectivity index is 1.64. The van der Waals surface area contributed by atoms with E-state index in [1.807, 2.05) is 7.05 Å². The zero-order valence-electron chi connectivity index (χ0n) is 13.3. The van der Waals surface area contributed by atoms with Crippen LogP contribution in [0.3, 0.4) is 0 Å². The summed E-state index contributed by atoms with van der Waals surface area (Å²) in [6.07, 6.45) is 8.26. The van der Waals surface area contributed by atoms with Gasteiger partial charge in [-0.3, -0.25) is 0 Å². The maximum atomic E-state index is 5.60. The third-order valence-electron chi connectivity index (χ3n) is 3.96. The fourth-order valence-corrected chi connectivity index (χ4v) is 2.81. The Morgan fingerprint density at radius 3 is 2.67 bits per heavy atom. The number of ether oxygens (including phenoxy) is 3. The Kier molecular flexibility index (Phi) is 7.23. The van der Waals surface area contributed by atoms with Crippen molar-refractivity contribution in [1.29, 1.82) is 0 Å². The lowest BCUT2D eigenvalue weighted by Crippen LogP contribution is -2.20. The number of hydrogen-bond donors (Lipinski definition) is 1. The average molecular weight is 296 g/mol. The van der Waals surface area contributed by atoms with E-state index in [0.29, 0.717) is 32.5 Å². The molecule has 1 aromatic rings. The molecule has 120 valence electrons. The monoisotopic (exact) mass is 296 g/mol. The molecule has 1 aromatic heterocycles. The zero-order chi connectivity index (χ0) is 14.9. The summed E-state index contributed by atoms with van der Waals surface area (Å²) in [7, 11) is 3.72. The van der Waals surface area contributed by atoms with Crippen LogP contribution in [-0.4, -0.2) is 51.8 Å². The van der Waals surface area contributed by atoms with E-state index in [-0.39, 0.29) is 0 Å². The first-order chi connectivity index (χ1) is 10.3. The van der Waals surface area contributed by atoms with Crippen LogP contribution in [0, 0.1) is 0 Å². The predicted molar refractivity (Wildman–Crippen MR) is 82.7 cm³/mol. The summed E-state index contributed by atoms with van der Waals surface area (Å²) < 4.78 is 18.1. The first kappa shape index (κ1) is 16.5. The maximum Gasteiger partial charge on any atom is 0.0701 e. The van der Waals surface area contributed by atoms with Crippen LogP contribution < -0.4 is 5.32 Å². The van der Waals surface area contributed by atoms with Gasteiger partial charge in [-0.2, -0.15) is 0 Å². The van der Waals surface area contributed by atoms with Gasteiger partial charge < -0.3 is 24.1 Å². The Bertz CT molecular complexity index is 406. The van der Waals surface area contributed by atoms with Crippen molar-refractivity contribution in [3.05, 3.63) is 23.5 Å². The lowest BCUT2D eigenvalue weighted by atomic mass is 9.91. The lowest BCUT2D eigenvalue weighted by molar-refractivity contribution is 0.0230. The van der Waals surface area contributed by atoms with Crippen molar-refractivity contribution in [1.82, 2.24) is 9.88 Å². The molecule has 1 aliphatic carbocycles. The number of hydrogen-bond acceptors (Lipinski definition) is 4. The minimum atomic E-state index is 0.519. The van der Waals surface area contributed by atoms with Crippen LogP contribution in [0.15, 0.2) is 12.4 Å². The number of fused-ring (bicyclic) bond motifs is 1. The predicted octanol–water partition coefficient (Wildman–Crippen LogP) is 1.76.